The van der Waals surface area contributed by atoms with E-state index in [0.29, 0.717) is 39.9 Å². The predicted octanol–water partition coefficient (Wildman–Crippen LogP) is 3.89. The van der Waals surface area contributed by atoms with Crippen LogP contribution in [-0.2, 0) is 4.79 Å². The van der Waals surface area contributed by atoms with Crippen LogP contribution in [0.1, 0.15) is 29.3 Å². The van der Waals surface area contributed by atoms with E-state index in [9.17, 15) is 9.59 Å². The van der Waals surface area contributed by atoms with E-state index in [1.54, 1.807) is 36.4 Å². The van der Waals surface area contributed by atoms with Crippen molar-refractivity contribution in [3.8, 4) is 11.5 Å². The van der Waals surface area contributed by atoms with Crippen LogP contribution >= 0.6 is 11.6 Å². The van der Waals surface area contributed by atoms with Gasteiger partial charge in [0.2, 0.25) is 11.8 Å². The van der Waals surface area contributed by atoms with Gasteiger partial charge in [-0.2, -0.15) is 0 Å². The van der Waals surface area contributed by atoms with Gasteiger partial charge in [-0.05, 0) is 48.4 Å². The first-order chi connectivity index (χ1) is 12.9. The van der Waals surface area contributed by atoms with Crippen LogP contribution in [0.25, 0.3) is 6.08 Å². The van der Waals surface area contributed by atoms with Gasteiger partial charge in [0.1, 0.15) is 0 Å². The lowest BCUT2D eigenvalue weighted by Gasteiger charge is -2.12. The molecule has 0 bridgehead atoms. The molecule has 3 N–H and O–H groups in total. The maximum Gasteiger partial charge on any atom is 0.248 e. The van der Waals surface area contributed by atoms with Crippen LogP contribution < -0.4 is 20.5 Å². The molecule has 0 aliphatic heterocycles. The Balaban J connectivity index is 2.12. The molecule has 0 spiro atoms. The Morgan fingerprint density at radius 2 is 2.04 bits per heavy atom. The molecular formula is C20H21ClN2O4. The normalized spacial score (nSPS) is 10.6. The molecule has 6 nitrogen and oxygen atoms in total. The largest absolute Gasteiger partial charge is 0.493 e. The second kappa shape index (κ2) is 9.64. The number of carbonyl (C=O) groups excluding carboxylic acids is 2. The molecule has 2 aromatic rings. The van der Waals surface area contributed by atoms with Gasteiger partial charge in [-0.25, -0.2) is 0 Å². The molecule has 142 valence electrons. The summed E-state index contributed by atoms with van der Waals surface area (Å²) in [6.45, 7) is 2.52. The number of methoxy groups -OCH3 is 1. The second-order valence-electron chi connectivity index (χ2n) is 5.65. The summed E-state index contributed by atoms with van der Waals surface area (Å²) in [5, 5.41) is 3.07. The Morgan fingerprint density at radius 3 is 2.70 bits per heavy atom. The minimum absolute atomic E-state index is 0.316. The number of anilines is 1. The maximum atomic E-state index is 12.1. The van der Waals surface area contributed by atoms with E-state index in [2.05, 4.69) is 5.32 Å². The highest BCUT2D eigenvalue weighted by atomic mass is 35.5. The second-order valence-corrected chi connectivity index (χ2v) is 6.06. The molecule has 0 aromatic heterocycles. The maximum absolute atomic E-state index is 12.1. The van der Waals surface area contributed by atoms with Crippen LogP contribution in [0.3, 0.4) is 0 Å². The summed E-state index contributed by atoms with van der Waals surface area (Å²) in [6, 6.07) is 9.80. The molecule has 2 amide bonds. The third kappa shape index (κ3) is 5.76. The first-order valence-electron chi connectivity index (χ1n) is 8.33. The number of primary amides is 1. The van der Waals surface area contributed by atoms with Crippen LogP contribution in [-0.4, -0.2) is 25.5 Å². The van der Waals surface area contributed by atoms with Gasteiger partial charge in [0.15, 0.2) is 11.5 Å². The number of carbonyl (C=O) groups is 2. The number of rotatable bonds is 8. The fraction of sp³-hybridized carbons (Fsp3) is 0.200. The lowest BCUT2D eigenvalue weighted by molar-refractivity contribution is -0.111. The number of ether oxygens (including phenoxy) is 2. The number of nitrogens with one attached hydrogen (secondary N) is 1. The summed E-state index contributed by atoms with van der Waals surface area (Å²) in [5.41, 5.74) is 6.70. The molecule has 2 aromatic carbocycles. The van der Waals surface area contributed by atoms with Gasteiger partial charge in [-0.15, -0.1) is 0 Å². The summed E-state index contributed by atoms with van der Waals surface area (Å²) in [6.07, 6.45) is 3.80. The third-order valence-corrected chi connectivity index (χ3v) is 3.82. The molecule has 0 saturated heterocycles. The number of amides is 2. The van der Waals surface area contributed by atoms with E-state index >= 15 is 0 Å². The molecule has 0 radical (unpaired) electrons. The number of hydrogen-bond acceptors (Lipinski definition) is 4. The van der Waals surface area contributed by atoms with E-state index in [1.165, 1.54) is 19.3 Å². The van der Waals surface area contributed by atoms with Crippen molar-refractivity contribution in [2.45, 2.75) is 13.3 Å². The van der Waals surface area contributed by atoms with Crippen LogP contribution in [0.5, 0.6) is 11.5 Å². The third-order valence-electron chi connectivity index (χ3n) is 3.54. The lowest BCUT2D eigenvalue weighted by atomic mass is 10.1. The topological polar surface area (TPSA) is 90.6 Å². The van der Waals surface area contributed by atoms with Gasteiger partial charge in [-0.3, -0.25) is 9.59 Å². The summed E-state index contributed by atoms with van der Waals surface area (Å²) in [4.78, 5) is 23.3. The Bertz CT molecular complexity index is 865. The Morgan fingerprint density at radius 1 is 1.26 bits per heavy atom. The van der Waals surface area contributed by atoms with E-state index in [4.69, 9.17) is 26.8 Å². The Labute approximate surface area is 162 Å². The molecule has 0 fully saturated rings. The fourth-order valence-corrected chi connectivity index (χ4v) is 2.56. The fourth-order valence-electron chi connectivity index (χ4n) is 2.29. The van der Waals surface area contributed by atoms with Crippen molar-refractivity contribution >= 4 is 35.2 Å². The zero-order valence-electron chi connectivity index (χ0n) is 15.1. The molecule has 2 rings (SSSR count). The van der Waals surface area contributed by atoms with E-state index < -0.39 is 5.91 Å². The van der Waals surface area contributed by atoms with Crippen LogP contribution in [0.15, 0.2) is 42.5 Å². The van der Waals surface area contributed by atoms with Crippen LogP contribution in [0.4, 0.5) is 5.69 Å². The van der Waals surface area contributed by atoms with Crippen LogP contribution in [0, 0.1) is 0 Å². The molecule has 7 heteroatoms. The van der Waals surface area contributed by atoms with Crippen molar-refractivity contribution in [1.29, 1.82) is 0 Å². The first kappa shape index (κ1) is 20.3. The monoisotopic (exact) mass is 388 g/mol. The van der Waals surface area contributed by atoms with E-state index in [0.717, 1.165) is 6.42 Å². The highest BCUT2D eigenvalue weighted by molar-refractivity contribution is 6.32. The zero-order valence-corrected chi connectivity index (χ0v) is 15.9. The summed E-state index contributed by atoms with van der Waals surface area (Å²) in [7, 11) is 1.52. The molecule has 0 saturated carbocycles. The SMILES string of the molecule is CCCOc1c(Cl)cc(/C=C/C(=O)Nc2cccc(C(N)=O)c2)cc1OC. The predicted molar refractivity (Wildman–Crippen MR) is 106 cm³/mol. The van der Waals surface area contributed by atoms with E-state index in [1.807, 2.05) is 6.92 Å². The van der Waals surface area contributed by atoms with Crippen molar-refractivity contribution in [2.75, 3.05) is 19.0 Å². The average Bonchev–Trinajstić information content (AvgIpc) is 2.65. The summed E-state index contributed by atoms with van der Waals surface area (Å²) >= 11 is 6.26. The van der Waals surface area contributed by atoms with Crippen molar-refractivity contribution in [3.63, 3.8) is 0 Å². The van der Waals surface area contributed by atoms with Gasteiger partial charge < -0.3 is 20.5 Å². The summed E-state index contributed by atoms with van der Waals surface area (Å²) in [5.74, 6) is 0.0443. The molecule has 27 heavy (non-hydrogen) atoms. The van der Waals surface area contributed by atoms with Crippen LogP contribution in [0.2, 0.25) is 5.02 Å². The quantitative estimate of drug-likeness (QED) is 0.671. The van der Waals surface area contributed by atoms with Crippen molar-refractivity contribution < 1.29 is 19.1 Å². The van der Waals surface area contributed by atoms with Gasteiger partial charge in [0, 0.05) is 17.3 Å². The minimum Gasteiger partial charge on any atom is -0.493 e. The van der Waals surface area contributed by atoms with Gasteiger partial charge >= 0.3 is 0 Å². The molecule has 0 aliphatic carbocycles. The zero-order chi connectivity index (χ0) is 19.8. The standard InChI is InChI=1S/C20H21ClN2O4/c1-3-9-27-19-16(21)10-13(11-17(19)26-2)7-8-18(24)23-15-6-4-5-14(12-15)20(22)25/h4-8,10-12H,3,9H2,1-2H3,(H2,22,25)(H,23,24)/b8-7+. The minimum atomic E-state index is -0.561. The number of halogens is 1. The van der Waals surface area contributed by atoms with Gasteiger partial charge in [0.05, 0.1) is 18.7 Å². The van der Waals surface area contributed by atoms with Crippen molar-refractivity contribution in [1.82, 2.24) is 0 Å². The Hall–Kier alpha value is -2.99. The molecular weight excluding hydrogens is 368 g/mol. The van der Waals surface area contributed by atoms with Gasteiger partial charge in [-0.1, -0.05) is 24.6 Å². The average molecular weight is 389 g/mol. The number of hydrogen-bond donors (Lipinski definition) is 2. The Kier molecular flexibility index (Phi) is 7.25. The highest BCUT2D eigenvalue weighted by Gasteiger charge is 2.11. The smallest absolute Gasteiger partial charge is 0.248 e. The first-order valence-corrected chi connectivity index (χ1v) is 8.71. The van der Waals surface area contributed by atoms with Crippen molar-refractivity contribution in [3.05, 3.63) is 58.6 Å². The summed E-state index contributed by atoms with van der Waals surface area (Å²) < 4.78 is 10.9. The highest BCUT2D eigenvalue weighted by Crippen LogP contribution is 2.36. The molecule has 0 aliphatic rings. The molecule has 0 heterocycles. The molecule has 0 unspecified atom stereocenters. The number of benzene rings is 2. The van der Waals surface area contributed by atoms with Gasteiger partial charge in [0.25, 0.3) is 0 Å². The lowest BCUT2D eigenvalue weighted by Crippen LogP contribution is -2.12. The number of nitrogens with two attached hydrogens (primary N) is 1. The van der Waals surface area contributed by atoms with E-state index in [-0.39, 0.29) is 5.91 Å². The van der Waals surface area contributed by atoms with Crippen molar-refractivity contribution in [2.24, 2.45) is 5.73 Å². The molecule has 0 atom stereocenters.